The van der Waals surface area contributed by atoms with Crippen LogP contribution >= 0.6 is 0 Å². The molecule has 0 spiro atoms. The third kappa shape index (κ3) is 2.50. The van der Waals surface area contributed by atoms with Gasteiger partial charge in [0, 0.05) is 17.5 Å². The van der Waals surface area contributed by atoms with Crippen LogP contribution in [0.5, 0.6) is 0 Å². The molecule has 0 bridgehead atoms. The van der Waals surface area contributed by atoms with Crippen LogP contribution in [0.2, 0.25) is 0 Å². The second-order valence-corrected chi connectivity index (χ2v) is 3.21. The summed E-state index contributed by atoms with van der Waals surface area (Å²) in [5, 5.41) is 20.9. The Morgan fingerprint density at radius 3 is 2.60 bits per heavy atom. The van der Waals surface area contributed by atoms with E-state index in [1.54, 1.807) is 0 Å². The number of aliphatic carboxylic acids is 1. The molecule has 2 unspecified atom stereocenters. The largest absolute Gasteiger partial charge is 0.480 e. The lowest BCUT2D eigenvalue weighted by molar-refractivity contribution is -0.143. The van der Waals surface area contributed by atoms with Crippen LogP contribution in [-0.4, -0.2) is 45.8 Å². The second kappa shape index (κ2) is 4.52. The highest BCUT2D eigenvalue weighted by Crippen LogP contribution is 2.20. The topological polar surface area (TPSA) is 127 Å². The maximum atomic E-state index is 10.8. The van der Waals surface area contributed by atoms with Gasteiger partial charge in [0.05, 0.1) is 0 Å². The van der Waals surface area contributed by atoms with Gasteiger partial charge < -0.3 is 10.2 Å². The molecule has 0 aliphatic carbocycles. The van der Waals surface area contributed by atoms with Gasteiger partial charge >= 0.3 is 12.1 Å². The third-order valence-corrected chi connectivity index (χ3v) is 2.32. The van der Waals surface area contributed by atoms with Crippen LogP contribution in [0.4, 0.5) is 4.79 Å². The predicted octanol–water partition coefficient (Wildman–Crippen LogP) is 0.892. The molecule has 0 saturated carbocycles. The lowest BCUT2D eigenvalue weighted by atomic mass is 9.98. The number of carboxylic acid groups (broad SMARTS) is 2. The lowest BCUT2D eigenvalue weighted by Crippen LogP contribution is -2.50. The van der Waals surface area contributed by atoms with Crippen molar-refractivity contribution in [2.24, 2.45) is 5.11 Å². The van der Waals surface area contributed by atoms with E-state index in [4.69, 9.17) is 15.7 Å². The van der Waals surface area contributed by atoms with Crippen LogP contribution in [0.3, 0.4) is 0 Å². The first-order valence-corrected chi connectivity index (χ1v) is 4.33. The van der Waals surface area contributed by atoms with Crippen LogP contribution < -0.4 is 0 Å². The minimum atomic E-state index is -1.26. The Hall–Kier alpha value is -1.95. The van der Waals surface area contributed by atoms with Crippen LogP contribution in [0.1, 0.15) is 12.8 Å². The van der Waals surface area contributed by atoms with Crippen molar-refractivity contribution in [3.8, 4) is 0 Å². The van der Waals surface area contributed by atoms with E-state index >= 15 is 0 Å². The average molecular weight is 214 g/mol. The van der Waals surface area contributed by atoms with Crippen molar-refractivity contribution in [3.05, 3.63) is 10.4 Å². The van der Waals surface area contributed by atoms with Crippen molar-refractivity contribution in [3.63, 3.8) is 0 Å². The lowest BCUT2D eigenvalue weighted by Gasteiger charge is -2.33. The number of carboxylic acids is 1. The van der Waals surface area contributed by atoms with Gasteiger partial charge in [-0.25, -0.2) is 9.59 Å². The molecule has 8 heteroatoms. The van der Waals surface area contributed by atoms with Crippen molar-refractivity contribution in [2.45, 2.75) is 24.9 Å². The molecule has 82 valence electrons. The first-order chi connectivity index (χ1) is 7.06. The minimum absolute atomic E-state index is 0.0334. The zero-order chi connectivity index (χ0) is 11.4. The Bertz CT molecular complexity index is 325. The van der Waals surface area contributed by atoms with Crippen molar-refractivity contribution >= 4 is 12.1 Å². The Kier molecular flexibility index (Phi) is 3.35. The Morgan fingerprint density at radius 1 is 1.47 bits per heavy atom. The third-order valence-electron chi connectivity index (χ3n) is 2.32. The van der Waals surface area contributed by atoms with E-state index in [2.05, 4.69) is 10.0 Å². The molecule has 2 atom stereocenters. The van der Waals surface area contributed by atoms with Gasteiger partial charge in [-0.1, -0.05) is 5.11 Å². The van der Waals surface area contributed by atoms with Crippen LogP contribution in [0.15, 0.2) is 5.11 Å². The van der Waals surface area contributed by atoms with Gasteiger partial charge in [-0.2, -0.15) is 0 Å². The summed E-state index contributed by atoms with van der Waals surface area (Å²) >= 11 is 0. The molecule has 1 amide bonds. The number of amides is 1. The minimum Gasteiger partial charge on any atom is -0.480 e. The van der Waals surface area contributed by atoms with Gasteiger partial charge in [-0.3, -0.25) is 4.90 Å². The molecular formula is C7H10N4O4. The molecule has 2 N–H and O–H groups in total. The molecule has 1 aliphatic rings. The molecule has 0 radical (unpaired) electrons. The molecule has 0 aromatic heterocycles. The standard InChI is InChI=1S/C7H10N4O4/c8-10-9-4-1-2-11(7(14)15)5(3-4)6(12)13/h4-5H,1-3H2,(H,12,13)(H,14,15). The summed E-state index contributed by atoms with van der Waals surface area (Å²) in [5.41, 5.74) is 8.20. The van der Waals surface area contributed by atoms with E-state index in [0.717, 1.165) is 4.90 Å². The van der Waals surface area contributed by atoms with Gasteiger partial charge in [0.25, 0.3) is 0 Å². The van der Waals surface area contributed by atoms with Gasteiger partial charge in [0.1, 0.15) is 6.04 Å². The molecule has 1 fully saturated rings. The quantitative estimate of drug-likeness (QED) is 0.402. The van der Waals surface area contributed by atoms with E-state index in [1.807, 2.05) is 0 Å². The van der Waals surface area contributed by atoms with Gasteiger partial charge in [0.2, 0.25) is 0 Å². The first-order valence-electron chi connectivity index (χ1n) is 4.33. The molecule has 8 nitrogen and oxygen atoms in total. The van der Waals surface area contributed by atoms with E-state index in [0.29, 0.717) is 6.42 Å². The maximum absolute atomic E-state index is 10.8. The van der Waals surface area contributed by atoms with Crippen molar-refractivity contribution < 1.29 is 19.8 Å². The van der Waals surface area contributed by atoms with Crippen molar-refractivity contribution in [1.29, 1.82) is 0 Å². The molecule has 1 saturated heterocycles. The summed E-state index contributed by atoms with van der Waals surface area (Å²) < 4.78 is 0. The van der Waals surface area contributed by atoms with E-state index in [-0.39, 0.29) is 13.0 Å². The number of piperidine rings is 1. The summed E-state index contributed by atoms with van der Waals surface area (Å²) in [4.78, 5) is 24.9. The zero-order valence-corrected chi connectivity index (χ0v) is 7.78. The fourth-order valence-corrected chi connectivity index (χ4v) is 1.59. The number of carbonyl (C=O) groups is 2. The van der Waals surface area contributed by atoms with Crippen molar-refractivity contribution in [2.75, 3.05) is 6.54 Å². The Morgan fingerprint density at radius 2 is 2.13 bits per heavy atom. The number of azide groups is 1. The second-order valence-electron chi connectivity index (χ2n) is 3.21. The summed E-state index contributed by atoms with van der Waals surface area (Å²) in [7, 11) is 0. The fraction of sp³-hybridized carbons (Fsp3) is 0.714. The monoisotopic (exact) mass is 214 g/mol. The molecule has 0 aromatic rings. The normalized spacial score (nSPS) is 25.5. The molecule has 0 aromatic carbocycles. The van der Waals surface area contributed by atoms with E-state index in [9.17, 15) is 9.59 Å². The summed E-state index contributed by atoms with van der Waals surface area (Å²) in [6.45, 7) is 0.0794. The highest BCUT2D eigenvalue weighted by atomic mass is 16.4. The number of rotatable bonds is 2. The van der Waals surface area contributed by atoms with Crippen molar-refractivity contribution in [1.82, 2.24) is 4.90 Å². The molecule has 1 aliphatic heterocycles. The van der Waals surface area contributed by atoms with Gasteiger partial charge in [-0.05, 0) is 18.4 Å². The molecule has 1 heterocycles. The van der Waals surface area contributed by atoms with Gasteiger partial charge in [0.15, 0.2) is 0 Å². The molecule has 1 rings (SSSR count). The number of likely N-dealkylation sites (tertiary alicyclic amines) is 1. The summed E-state index contributed by atoms with van der Waals surface area (Å²) in [6, 6.07) is -1.56. The summed E-state index contributed by atoms with van der Waals surface area (Å²) in [6.07, 6.45) is -0.868. The molecular weight excluding hydrogens is 204 g/mol. The first kappa shape index (κ1) is 11.1. The smallest absolute Gasteiger partial charge is 0.408 e. The number of hydrogen-bond acceptors (Lipinski definition) is 3. The SMILES string of the molecule is [N-]=[N+]=NC1CCN(C(=O)O)C(C(=O)O)C1. The highest BCUT2D eigenvalue weighted by molar-refractivity contribution is 5.79. The highest BCUT2D eigenvalue weighted by Gasteiger charge is 2.35. The Balaban J connectivity index is 2.77. The van der Waals surface area contributed by atoms with E-state index < -0.39 is 24.1 Å². The summed E-state index contributed by atoms with van der Waals surface area (Å²) in [5.74, 6) is -1.21. The predicted molar refractivity (Wildman–Crippen MR) is 48.3 cm³/mol. The van der Waals surface area contributed by atoms with Crippen LogP contribution in [-0.2, 0) is 4.79 Å². The number of nitrogens with zero attached hydrogens (tertiary/aromatic N) is 4. The maximum Gasteiger partial charge on any atom is 0.408 e. The fourth-order valence-electron chi connectivity index (χ4n) is 1.59. The van der Waals surface area contributed by atoms with Crippen LogP contribution in [0, 0.1) is 0 Å². The van der Waals surface area contributed by atoms with Gasteiger partial charge in [-0.15, -0.1) is 0 Å². The van der Waals surface area contributed by atoms with E-state index in [1.165, 1.54) is 0 Å². The Labute approximate surface area is 84.7 Å². The number of hydrogen-bond donors (Lipinski definition) is 2. The molecule has 15 heavy (non-hydrogen) atoms. The zero-order valence-electron chi connectivity index (χ0n) is 7.78. The average Bonchev–Trinajstić information content (AvgIpc) is 2.17. The van der Waals surface area contributed by atoms with Crippen LogP contribution in [0.25, 0.3) is 10.4 Å².